The predicted molar refractivity (Wildman–Crippen MR) is 74.5 cm³/mol. The summed E-state index contributed by atoms with van der Waals surface area (Å²) in [6, 6.07) is -1.14. The standard InChI is InChI=1S/C12H20BrNO6/c1-12(2,3)20-11(17)14-8(7-9(15)18-4)10(16)19-6-5-13/h8H,5-7H2,1-4H3,(H,14,17)/t8-/m0/s1. The van der Waals surface area contributed by atoms with Crippen molar-refractivity contribution in [3.8, 4) is 0 Å². The molecule has 0 heterocycles. The van der Waals surface area contributed by atoms with E-state index in [2.05, 4.69) is 26.0 Å². The van der Waals surface area contributed by atoms with Crippen molar-refractivity contribution >= 4 is 34.0 Å². The van der Waals surface area contributed by atoms with Gasteiger partial charge in [-0.15, -0.1) is 0 Å². The molecule has 1 amide bonds. The lowest BCUT2D eigenvalue weighted by atomic mass is 10.2. The maximum Gasteiger partial charge on any atom is 0.408 e. The lowest BCUT2D eigenvalue weighted by molar-refractivity contribution is -0.151. The summed E-state index contributed by atoms with van der Waals surface area (Å²) in [5.41, 5.74) is -0.709. The van der Waals surface area contributed by atoms with Crippen LogP contribution < -0.4 is 5.32 Å². The van der Waals surface area contributed by atoms with Crippen LogP contribution in [0.15, 0.2) is 0 Å². The van der Waals surface area contributed by atoms with E-state index in [-0.39, 0.29) is 13.0 Å². The molecule has 0 saturated carbocycles. The first kappa shape index (κ1) is 18.7. The van der Waals surface area contributed by atoms with E-state index in [1.54, 1.807) is 20.8 Å². The largest absolute Gasteiger partial charge is 0.469 e. The van der Waals surface area contributed by atoms with E-state index in [0.717, 1.165) is 0 Å². The van der Waals surface area contributed by atoms with Gasteiger partial charge >= 0.3 is 18.0 Å². The van der Waals surface area contributed by atoms with E-state index in [0.29, 0.717) is 5.33 Å². The van der Waals surface area contributed by atoms with Crippen molar-refractivity contribution in [3.63, 3.8) is 0 Å². The number of nitrogens with one attached hydrogen (secondary N) is 1. The molecule has 20 heavy (non-hydrogen) atoms. The molecule has 0 saturated heterocycles. The third-order valence-electron chi connectivity index (χ3n) is 1.90. The lowest BCUT2D eigenvalue weighted by Gasteiger charge is -2.22. The summed E-state index contributed by atoms with van der Waals surface area (Å²) in [6.45, 7) is 5.19. The van der Waals surface area contributed by atoms with Crippen LogP contribution in [0.1, 0.15) is 27.2 Å². The highest BCUT2D eigenvalue weighted by atomic mass is 79.9. The van der Waals surface area contributed by atoms with Gasteiger partial charge in [0, 0.05) is 5.33 Å². The smallest absolute Gasteiger partial charge is 0.408 e. The van der Waals surface area contributed by atoms with E-state index in [1.165, 1.54) is 7.11 Å². The molecule has 0 aliphatic heterocycles. The number of ether oxygens (including phenoxy) is 3. The van der Waals surface area contributed by atoms with Gasteiger partial charge in [0.1, 0.15) is 18.2 Å². The Balaban J connectivity index is 4.63. The number of esters is 2. The van der Waals surface area contributed by atoms with Crippen LogP contribution in [0.5, 0.6) is 0 Å². The quantitative estimate of drug-likeness (QED) is 0.440. The molecule has 0 rings (SSSR count). The zero-order valence-corrected chi connectivity index (χ0v) is 13.6. The van der Waals surface area contributed by atoms with Crippen LogP contribution in [-0.2, 0) is 23.8 Å². The van der Waals surface area contributed by atoms with Crippen molar-refractivity contribution < 1.29 is 28.6 Å². The van der Waals surface area contributed by atoms with E-state index in [9.17, 15) is 14.4 Å². The molecule has 0 unspecified atom stereocenters. The van der Waals surface area contributed by atoms with Crippen molar-refractivity contribution in [2.75, 3.05) is 19.0 Å². The zero-order chi connectivity index (χ0) is 15.8. The summed E-state index contributed by atoms with van der Waals surface area (Å²) in [5.74, 6) is -1.36. The first-order valence-corrected chi connectivity index (χ1v) is 7.10. The minimum absolute atomic E-state index is 0.131. The summed E-state index contributed by atoms with van der Waals surface area (Å²) >= 11 is 3.10. The number of alkyl halides is 1. The maximum atomic E-state index is 11.7. The van der Waals surface area contributed by atoms with Gasteiger partial charge in [-0.05, 0) is 20.8 Å². The van der Waals surface area contributed by atoms with Gasteiger partial charge in [0.25, 0.3) is 0 Å². The number of rotatable bonds is 6. The average molecular weight is 354 g/mol. The topological polar surface area (TPSA) is 90.9 Å². The summed E-state index contributed by atoms with van der Waals surface area (Å²) in [7, 11) is 1.19. The van der Waals surface area contributed by atoms with Crippen LogP contribution in [-0.4, -0.2) is 48.7 Å². The number of halogens is 1. The second-order valence-corrected chi connectivity index (χ2v) is 5.63. The number of carbonyl (C=O) groups excluding carboxylic acids is 3. The zero-order valence-electron chi connectivity index (χ0n) is 12.0. The molecule has 0 bridgehead atoms. The molecule has 8 heteroatoms. The number of alkyl carbamates (subject to hydrolysis) is 1. The normalized spacial score (nSPS) is 12.2. The molecule has 0 aromatic heterocycles. The van der Waals surface area contributed by atoms with E-state index < -0.39 is 29.7 Å². The Morgan fingerprint density at radius 2 is 1.85 bits per heavy atom. The van der Waals surface area contributed by atoms with Crippen molar-refractivity contribution in [1.29, 1.82) is 0 Å². The van der Waals surface area contributed by atoms with E-state index in [4.69, 9.17) is 9.47 Å². The van der Waals surface area contributed by atoms with Gasteiger partial charge in [-0.3, -0.25) is 4.79 Å². The van der Waals surface area contributed by atoms with E-state index in [1.807, 2.05) is 0 Å². The lowest BCUT2D eigenvalue weighted by Crippen LogP contribution is -2.45. The summed E-state index contributed by atoms with van der Waals surface area (Å²) < 4.78 is 14.4. The van der Waals surface area contributed by atoms with Gasteiger partial charge in [0.15, 0.2) is 0 Å². The Morgan fingerprint density at radius 1 is 1.25 bits per heavy atom. The molecular weight excluding hydrogens is 334 g/mol. The fourth-order valence-corrected chi connectivity index (χ4v) is 1.29. The summed E-state index contributed by atoms with van der Waals surface area (Å²) in [5, 5.41) is 2.75. The van der Waals surface area contributed by atoms with Crippen LogP contribution >= 0.6 is 15.9 Å². The fraction of sp³-hybridized carbons (Fsp3) is 0.750. The molecule has 1 N–H and O–H groups in total. The highest BCUT2D eigenvalue weighted by molar-refractivity contribution is 9.09. The van der Waals surface area contributed by atoms with Gasteiger partial charge in [-0.1, -0.05) is 15.9 Å². The van der Waals surface area contributed by atoms with Crippen LogP contribution in [0, 0.1) is 0 Å². The number of hydrogen-bond donors (Lipinski definition) is 1. The third kappa shape index (κ3) is 8.73. The molecule has 0 radical (unpaired) electrons. The fourth-order valence-electron chi connectivity index (χ4n) is 1.13. The second-order valence-electron chi connectivity index (χ2n) is 4.84. The Labute approximate surface area is 126 Å². The Hall–Kier alpha value is -1.31. The van der Waals surface area contributed by atoms with Crippen molar-refractivity contribution in [2.45, 2.75) is 38.8 Å². The van der Waals surface area contributed by atoms with Gasteiger partial charge < -0.3 is 19.5 Å². The highest BCUT2D eigenvalue weighted by Crippen LogP contribution is 2.08. The maximum absolute atomic E-state index is 11.7. The van der Waals surface area contributed by atoms with Crippen LogP contribution in [0.25, 0.3) is 0 Å². The summed E-state index contributed by atoms with van der Waals surface area (Å²) in [4.78, 5) is 34.6. The van der Waals surface area contributed by atoms with Crippen molar-refractivity contribution in [1.82, 2.24) is 5.32 Å². The molecule has 0 aliphatic rings. The third-order valence-corrected chi connectivity index (χ3v) is 2.22. The average Bonchev–Trinajstić information content (AvgIpc) is 2.32. The van der Waals surface area contributed by atoms with Crippen molar-refractivity contribution in [3.05, 3.63) is 0 Å². The van der Waals surface area contributed by atoms with Gasteiger partial charge in [-0.25, -0.2) is 9.59 Å². The molecule has 0 fully saturated rings. The van der Waals surface area contributed by atoms with Crippen LogP contribution in [0.2, 0.25) is 0 Å². The predicted octanol–water partition coefficient (Wildman–Crippen LogP) is 1.38. The number of hydrogen-bond acceptors (Lipinski definition) is 6. The first-order chi connectivity index (χ1) is 9.19. The van der Waals surface area contributed by atoms with Gasteiger partial charge in [0.2, 0.25) is 0 Å². The van der Waals surface area contributed by atoms with Crippen molar-refractivity contribution in [2.24, 2.45) is 0 Å². The molecule has 0 spiro atoms. The molecule has 0 aromatic rings. The Kier molecular flexibility index (Phi) is 8.21. The first-order valence-electron chi connectivity index (χ1n) is 5.98. The second kappa shape index (κ2) is 8.78. The summed E-state index contributed by atoms with van der Waals surface area (Å²) in [6.07, 6.45) is -1.13. The SMILES string of the molecule is COC(=O)C[C@H](NC(=O)OC(C)(C)C)C(=O)OCCBr. The van der Waals surface area contributed by atoms with Gasteiger partial charge in [-0.2, -0.15) is 0 Å². The Bertz CT molecular complexity index is 352. The molecule has 0 aliphatic carbocycles. The van der Waals surface area contributed by atoms with Gasteiger partial charge in [0.05, 0.1) is 13.5 Å². The monoisotopic (exact) mass is 353 g/mol. The Morgan fingerprint density at radius 3 is 2.30 bits per heavy atom. The molecule has 0 aromatic carbocycles. The van der Waals surface area contributed by atoms with E-state index >= 15 is 0 Å². The molecule has 7 nitrogen and oxygen atoms in total. The van der Waals surface area contributed by atoms with Crippen LogP contribution in [0.4, 0.5) is 4.79 Å². The number of carbonyl (C=O) groups is 3. The number of methoxy groups -OCH3 is 1. The minimum Gasteiger partial charge on any atom is -0.469 e. The minimum atomic E-state index is -1.14. The highest BCUT2D eigenvalue weighted by Gasteiger charge is 2.28. The molecule has 116 valence electrons. The number of amides is 1. The van der Waals surface area contributed by atoms with Crippen LogP contribution in [0.3, 0.4) is 0 Å². The molecule has 1 atom stereocenters. The molecular formula is C12H20BrNO6.